The molecule has 0 bridgehead atoms. The SMILES string of the molecule is COC(=O)C(N)CSCC(=O)NC(N)=O. The summed E-state index contributed by atoms with van der Waals surface area (Å²) in [4.78, 5) is 32.0. The third-order valence-electron chi connectivity index (χ3n) is 1.30. The lowest BCUT2D eigenvalue weighted by Crippen LogP contribution is -2.37. The molecule has 0 saturated carbocycles. The highest BCUT2D eigenvalue weighted by molar-refractivity contribution is 8.00. The lowest BCUT2D eigenvalue weighted by Gasteiger charge is -2.07. The molecule has 0 rings (SSSR count). The van der Waals surface area contributed by atoms with Crippen LogP contribution in [0.3, 0.4) is 0 Å². The van der Waals surface area contributed by atoms with Crippen LogP contribution in [-0.2, 0) is 14.3 Å². The van der Waals surface area contributed by atoms with Gasteiger partial charge in [0.25, 0.3) is 0 Å². The summed E-state index contributed by atoms with van der Waals surface area (Å²) in [5.41, 5.74) is 10.1. The molecular weight excluding hydrogens is 222 g/mol. The fraction of sp³-hybridized carbons (Fsp3) is 0.571. The van der Waals surface area contributed by atoms with Gasteiger partial charge in [-0.1, -0.05) is 0 Å². The van der Waals surface area contributed by atoms with Crippen LogP contribution in [0.15, 0.2) is 0 Å². The Balaban J connectivity index is 3.65. The Morgan fingerprint density at radius 3 is 2.53 bits per heavy atom. The smallest absolute Gasteiger partial charge is 0.323 e. The molecule has 0 aromatic carbocycles. The second kappa shape index (κ2) is 7.07. The minimum atomic E-state index is -0.905. The van der Waals surface area contributed by atoms with Gasteiger partial charge in [-0.15, -0.1) is 11.8 Å². The van der Waals surface area contributed by atoms with Crippen LogP contribution in [0.5, 0.6) is 0 Å². The molecule has 1 atom stereocenters. The van der Waals surface area contributed by atoms with E-state index in [1.165, 1.54) is 7.11 Å². The van der Waals surface area contributed by atoms with Gasteiger partial charge in [-0.2, -0.15) is 0 Å². The molecule has 15 heavy (non-hydrogen) atoms. The minimum absolute atomic E-state index is 0.00757. The number of ether oxygens (including phenoxy) is 1. The van der Waals surface area contributed by atoms with Gasteiger partial charge in [0, 0.05) is 5.75 Å². The van der Waals surface area contributed by atoms with Gasteiger partial charge >= 0.3 is 12.0 Å². The zero-order valence-electron chi connectivity index (χ0n) is 8.19. The zero-order valence-corrected chi connectivity index (χ0v) is 9.00. The number of carbonyl (C=O) groups is 3. The van der Waals surface area contributed by atoms with Gasteiger partial charge in [-0.25, -0.2) is 4.79 Å². The summed E-state index contributed by atoms with van der Waals surface area (Å²) >= 11 is 1.11. The molecular formula is C7H13N3O4S. The molecule has 3 amide bonds. The molecule has 0 spiro atoms. The molecule has 86 valence electrons. The van der Waals surface area contributed by atoms with Crippen LogP contribution in [0, 0.1) is 0 Å². The molecule has 1 unspecified atom stereocenters. The van der Waals surface area contributed by atoms with Crippen LogP contribution in [0.2, 0.25) is 0 Å². The van der Waals surface area contributed by atoms with E-state index in [1.54, 1.807) is 0 Å². The lowest BCUT2D eigenvalue weighted by molar-refractivity contribution is -0.141. The summed E-state index contributed by atoms with van der Waals surface area (Å²) in [6.45, 7) is 0. The number of thioether (sulfide) groups is 1. The summed E-state index contributed by atoms with van der Waals surface area (Å²) in [6, 6.07) is -1.68. The first kappa shape index (κ1) is 13.7. The third-order valence-corrected chi connectivity index (χ3v) is 2.36. The number of methoxy groups -OCH3 is 1. The molecule has 0 aliphatic heterocycles. The molecule has 0 saturated heterocycles. The fourth-order valence-corrected chi connectivity index (χ4v) is 1.44. The normalized spacial score (nSPS) is 11.6. The van der Waals surface area contributed by atoms with E-state index in [4.69, 9.17) is 11.5 Å². The number of hydrogen-bond donors (Lipinski definition) is 3. The number of imide groups is 1. The molecule has 0 aromatic rings. The molecule has 8 heteroatoms. The molecule has 0 aliphatic rings. The van der Waals surface area contributed by atoms with Gasteiger partial charge in [-0.3, -0.25) is 14.9 Å². The first-order valence-electron chi connectivity index (χ1n) is 3.97. The maximum absolute atomic E-state index is 10.9. The van der Waals surface area contributed by atoms with E-state index in [-0.39, 0.29) is 11.5 Å². The Morgan fingerprint density at radius 1 is 1.47 bits per heavy atom. The molecule has 5 N–H and O–H groups in total. The van der Waals surface area contributed by atoms with Crippen molar-refractivity contribution in [2.24, 2.45) is 11.5 Å². The number of carbonyl (C=O) groups excluding carboxylic acids is 3. The van der Waals surface area contributed by atoms with Gasteiger partial charge < -0.3 is 16.2 Å². The number of esters is 1. The highest BCUT2D eigenvalue weighted by atomic mass is 32.2. The van der Waals surface area contributed by atoms with Crippen molar-refractivity contribution in [2.75, 3.05) is 18.6 Å². The maximum atomic E-state index is 10.9. The van der Waals surface area contributed by atoms with Crippen LogP contribution < -0.4 is 16.8 Å². The Hall–Kier alpha value is -1.28. The monoisotopic (exact) mass is 235 g/mol. The predicted octanol–water partition coefficient (Wildman–Crippen LogP) is -1.59. The summed E-state index contributed by atoms with van der Waals surface area (Å²) < 4.78 is 4.38. The standard InChI is InChI=1S/C7H13N3O4S/c1-14-6(12)4(8)2-15-3-5(11)10-7(9)13/h4H,2-3,8H2,1H3,(H3,9,10,11,13). The minimum Gasteiger partial charge on any atom is -0.468 e. The van der Waals surface area contributed by atoms with Crippen molar-refractivity contribution in [2.45, 2.75) is 6.04 Å². The van der Waals surface area contributed by atoms with Gasteiger partial charge in [0.15, 0.2) is 0 Å². The second-order valence-corrected chi connectivity index (χ2v) is 3.59. The summed E-state index contributed by atoms with van der Waals surface area (Å²) in [5.74, 6) is -0.825. The van der Waals surface area contributed by atoms with Gasteiger partial charge in [0.2, 0.25) is 5.91 Å². The van der Waals surface area contributed by atoms with Crippen LogP contribution in [0.4, 0.5) is 4.79 Å². The number of rotatable bonds is 5. The van der Waals surface area contributed by atoms with E-state index in [9.17, 15) is 14.4 Å². The fourth-order valence-electron chi connectivity index (χ4n) is 0.672. The predicted molar refractivity (Wildman–Crippen MR) is 55.0 cm³/mol. The van der Waals surface area contributed by atoms with E-state index >= 15 is 0 Å². The highest BCUT2D eigenvalue weighted by Gasteiger charge is 2.14. The van der Waals surface area contributed by atoms with Crippen molar-refractivity contribution < 1.29 is 19.1 Å². The number of nitrogens with one attached hydrogen (secondary N) is 1. The van der Waals surface area contributed by atoms with Crippen LogP contribution >= 0.6 is 11.8 Å². The summed E-state index contributed by atoms with van der Waals surface area (Å²) in [6.07, 6.45) is 0. The van der Waals surface area contributed by atoms with E-state index in [1.807, 2.05) is 5.32 Å². The quantitative estimate of drug-likeness (QED) is 0.494. The van der Waals surface area contributed by atoms with E-state index in [2.05, 4.69) is 4.74 Å². The van der Waals surface area contributed by atoms with E-state index < -0.39 is 23.9 Å². The number of primary amides is 1. The average molecular weight is 235 g/mol. The topological polar surface area (TPSA) is 125 Å². The Morgan fingerprint density at radius 2 is 2.07 bits per heavy atom. The van der Waals surface area contributed by atoms with Crippen molar-refractivity contribution in [1.29, 1.82) is 0 Å². The van der Waals surface area contributed by atoms with E-state index in [0.717, 1.165) is 11.8 Å². The Bertz CT molecular complexity index is 259. The van der Waals surface area contributed by atoms with Gasteiger partial charge in [0.1, 0.15) is 6.04 Å². The number of hydrogen-bond acceptors (Lipinski definition) is 6. The largest absolute Gasteiger partial charge is 0.468 e. The van der Waals surface area contributed by atoms with E-state index in [0.29, 0.717) is 0 Å². The van der Waals surface area contributed by atoms with Gasteiger partial charge in [-0.05, 0) is 0 Å². The first-order chi connectivity index (χ1) is 6.97. The molecule has 0 fully saturated rings. The number of amides is 3. The van der Waals surface area contributed by atoms with Gasteiger partial charge in [0.05, 0.1) is 12.9 Å². The average Bonchev–Trinajstić information content (AvgIpc) is 2.15. The van der Waals surface area contributed by atoms with Crippen LogP contribution in [-0.4, -0.2) is 42.6 Å². The summed E-state index contributed by atoms with van der Waals surface area (Å²) in [7, 11) is 1.23. The zero-order chi connectivity index (χ0) is 11.8. The van der Waals surface area contributed by atoms with Crippen molar-refractivity contribution in [1.82, 2.24) is 5.32 Å². The van der Waals surface area contributed by atoms with Crippen LogP contribution in [0.1, 0.15) is 0 Å². The number of nitrogens with two attached hydrogens (primary N) is 2. The van der Waals surface area contributed by atoms with Crippen molar-refractivity contribution in [3.63, 3.8) is 0 Å². The van der Waals surface area contributed by atoms with Crippen molar-refractivity contribution in [3.8, 4) is 0 Å². The maximum Gasteiger partial charge on any atom is 0.323 e. The Labute approximate surface area is 90.9 Å². The molecule has 0 radical (unpaired) electrons. The van der Waals surface area contributed by atoms with Crippen molar-refractivity contribution >= 4 is 29.7 Å². The highest BCUT2D eigenvalue weighted by Crippen LogP contribution is 2.02. The molecule has 0 heterocycles. The molecule has 7 nitrogen and oxygen atoms in total. The molecule has 0 aliphatic carbocycles. The van der Waals surface area contributed by atoms with Crippen LogP contribution in [0.25, 0.3) is 0 Å². The van der Waals surface area contributed by atoms with Crippen molar-refractivity contribution in [3.05, 3.63) is 0 Å². The summed E-state index contributed by atoms with van der Waals surface area (Å²) in [5, 5.41) is 1.88. The molecule has 0 aromatic heterocycles. The Kier molecular flexibility index (Phi) is 6.47. The third kappa shape index (κ3) is 6.75. The number of urea groups is 1. The lowest BCUT2D eigenvalue weighted by atomic mass is 10.4. The first-order valence-corrected chi connectivity index (χ1v) is 5.13. The second-order valence-electron chi connectivity index (χ2n) is 2.56.